The first-order valence-electron chi connectivity index (χ1n) is 7.95. The van der Waals surface area contributed by atoms with E-state index in [1.165, 1.54) is 0 Å². The van der Waals surface area contributed by atoms with Crippen molar-refractivity contribution in [3.8, 4) is 6.07 Å². The van der Waals surface area contributed by atoms with Crippen molar-refractivity contribution in [1.82, 2.24) is 10.2 Å². The Balaban J connectivity index is 2.07. The Bertz CT molecular complexity index is 756. The van der Waals surface area contributed by atoms with E-state index in [0.29, 0.717) is 10.1 Å². The number of benzene rings is 2. The molecule has 0 spiro atoms. The number of halogens is 1. The van der Waals surface area contributed by atoms with Crippen molar-refractivity contribution < 1.29 is 0 Å². The highest BCUT2D eigenvalue weighted by molar-refractivity contribution is 7.80. The molecule has 0 heterocycles. The summed E-state index contributed by atoms with van der Waals surface area (Å²) in [6.45, 7) is 1.65. The van der Waals surface area contributed by atoms with Crippen LogP contribution < -0.4 is 10.6 Å². The molecule has 0 unspecified atom stereocenters. The van der Waals surface area contributed by atoms with E-state index in [2.05, 4.69) is 21.6 Å². The van der Waals surface area contributed by atoms with Crippen molar-refractivity contribution in [3.63, 3.8) is 0 Å². The minimum atomic E-state index is -0.395. The van der Waals surface area contributed by atoms with Crippen LogP contribution >= 0.6 is 23.8 Å². The van der Waals surface area contributed by atoms with Crippen LogP contribution in [-0.2, 0) is 0 Å². The van der Waals surface area contributed by atoms with Crippen LogP contribution in [0.4, 0.5) is 5.69 Å². The zero-order valence-electron chi connectivity index (χ0n) is 14.3. The molecule has 0 saturated carbocycles. The predicted molar refractivity (Wildman–Crippen MR) is 108 cm³/mol. The van der Waals surface area contributed by atoms with Gasteiger partial charge >= 0.3 is 0 Å². The molecular formula is C19H21ClN4S. The Morgan fingerprint density at radius 1 is 1.24 bits per heavy atom. The third kappa shape index (κ3) is 5.71. The monoisotopic (exact) mass is 372 g/mol. The summed E-state index contributed by atoms with van der Waals surface area (Å²) in [5.74, 6) is -0.395. The molecular weight excluding hydrogens is 352 g/mol. The van der Waals surface area contributed by atoms with Gasteiger partial charge in [-0.15, -0.1) is 0 Å². The molecule has 0 saturated heterocycles. The molecule has 2 aromatic carbocycles. The maximum Gasteiger partial charge on any atom is 0.170 e. The summed E-state index contributed by atoms with van der Waals surface area (Å²) in [5, 5.41) is 16.9. The van der Waals surface area contributed by atoms with E-state index >= 15 is 0 Å². The summed E-state index contributed by atoms with van der Waals surface area (Å²) in [5.41, 5.74) is 2.50. The number of likely N-dealkylation sites (N-methyl/N-ethyl adjacent to an activating group) is 1. The van der Waals surface area contributed by atoms with Crippen molar-refractivity contribution in [2.75, 3.05) is 32.5 Å². The first kappa shape index (κ1) is 19.2. The predicted octanol–water partition coefficient (Wildman–Crippen LogP) is 3.84. The number of rotatable bonds is 6. The second-order valence-electron chi connectivity index (χ2n) is 5.89. The van der Waals surface area contributed by atoms with Crippen LogP contribution in [0.1, 0.15) is 17.0 Å². The molecule has 2 N–H and O–H groups in total. The standard InChI is InChI=1S/C19H21ClN4S/c1-24(2)11-10-22-19(25)23-15-8-9-16(18(20)12-15)17(13-21)14-6-4-3-5-7-14/h3-9,12,17H,10-11H2,1-2H3,(H2,22,23,25)/t17-/m1/s1. The number of thiocarbonyl (C=S) groups is 1. The summed E-state index contributed by atoms with van der Waals surface area (Å²) in [4.78, 5) is 2.08. The van der Waals surface area contributed by atoms with E-state index in [9.17, 15) is 5.26 Å². The number of nitrogens with one attached hydrogen (secondary N) is 2. The van der Waals surface area contributed by atoms with Gasteiger partial charge in [0.2, 0.25) is 0 Å². The van der Waals surface area contributed by atoms with Crippen LogP contribution in [0.5, 0.6) is 0 Å². The molecule has 2 aromatic rings. The fourth-order valence-corrected chi connectivity index (χ4v) is 2.89. The van der Waals surface area contributed by atoms with E-state index in [0.717, 1.165) is 29.9 Å². The van der Waals surface area contributed by atoms with Gasteiger partial charge in [-0.2, -0.15) is 5.26 Å². The van der Waals surface area contributed by atoms with Gasteiger partial charge in [-0.05, 0) is 49.6 Å². The zero-order chi connectivity index (χ0) is 18.2. The lowest BCUT2D eigenvalue weighted by molar-refractivity contribution is 0.413. The van der Waals surface area contributed by atoms with E-state index in [1.54, 1.807) is 6.07 Å². The fraction of sp³-hybridized carbons (Fsp3) is 0.263. The van der Waals surface area contributed by atoms with Crippen LogP contribution in [0.2, 0.25) is 5.02 Å². The molecule has 6 heteroatoms. The third-order valence-corrected chi connectivity index (χ3v) is 4.25. The quantitative estimate of drug-likeness (QED) is 0.754. The van der Waals surface area contributed by atoms with Crippen LogP contribution in [-0.4, -0.2) is 37.2 Å². The van der Waals surface area contributed by atoms with Crippen molar-refractivity contribution in [2.45, 2.75) is 5.92 Å². The number of hydrogen-bond acceptors (Lipinski definition) is 3. The van der Waals surface area contributed by atoms with Gasteiger partial charge in [-0.25, -0.2) is 0 Å². The van der Waals surface area contributed by atoms with Crippen molar-refractivity contribution >= 4 is 34.6 Å². The average Bonchev–Trinajstić information content (AvgIpc) is 2.58. The summed E-state index contributed by atoms with van der Waals surface area (Å²) in [6, 6.07) is 17.5. The molecule has 0 aliphatic heterocycles. The molecule has 130 valence electrons. The molecule has 25 heavy (non-hydrogen) atoms. The van der Waals surface area contributed by atoms with E-state index in [4.69, 9.17) is 23.8 Å². The number of anilines is 1. The Kier molecular flexibility index (Phi) is 7.20. The molecule has 1 atom stereocenters. The maximum atomic E-state index is 9.55. The van der Waals surface area contributed by atoms with Crippen LogP contribution in [0, 0.1) is 11.3 Å². The Morgan fingerprint density at radius 3 is 2.56 bits per heavy atom. The Labute approximate surface area is 159 Å². The molecule has 0 aliphatic rings. The zero-order valence-corrected chi connectivity index (χ0v) is 15.9. The van der Waals surface area contributed by atoms with Gasteiger partial charge in [-0.1, -0.05) is 48.0 Å². The van der Waals surface area contributed by atoms with Gasteiger partial charge in [0, 0.05) is 23.8 Å². The minimum Gasteiger partial charge on any atom is -0.361 e. The summed E-state index contributed by atoms with van der Waals surface area (Å²) in [6.07, 6.45) is 0. The van der Waals surface area contributed by atoms with Crippen LogP contribution in [0.3, 0.4) is 0 Å². The van der Waals surface area contributed by atoms with Crippen LogP contribution in [0.25, 0.3) is 0 Å². The van der Waals surface area contributed by atoms with Gasteiger partial charge in [0.1, 0.15) is 0 Å². The topological polar surface area (TPSA) is 51.1 Å². The highest BCUT2D eigenvalue weighted by Gasteiger charge is 2.16. The van der Waals surface area contributed by atoms with Gasteiger partial charge in [0.05, 0.1) is 12.0 Å². The Hall–Kier alpha value is -2.13. The maximum absolute atomic E-state index is 9.55. The van der Waals surface area contributed by atoms with Crippen LogP contribution in [0.15, 0.2) is 48.5 Å². The Morgan fingerprint density at radius 2 is 1.96 bits per heavy atom. The fourth-order valence-electron chi connectivity index (χ4n) is 2.38. The number of nitriles is 1. The number of nitrogens with zero attached hydrogens (tertiary/aromatic N) is 2. The summed E-state index contributed by atoms with van der Waals surface area (Å²) >= 11 is 11.7. The molecule has 0 aliphatic carbocycles. The average molecular weight is 373 g/mol. The minimum absolute atomic E-state index is 0.395. The largest absolute Gasteiger partial charge is 0.361 e. The highest BCUT2D eigenvalue weighted by Crippen LogP contribution is 2.31. The first-order chi connectivity index (χ1) is 12.0. The normalized spacial score (nSPS) is 11.6. The van der Waals surface area contributed by atoms with Crippen molar-refractivity contribution in [1.29, 1.82) is 5.26 Å². The third-order valence-electron chi connectivity index (χ3n) is 3.68. The number of hydrogen-bond donors (Lipinski definition) is 2. The van der Waals surface area contributed by atoms with Crippen molar-refractivity contribution in [2.24, 2.45) is 0 Å². The molecule has 0 bridgehead atoms. The molecule has 0 aromatic heterocycles. The molecule has 0 radical (unpaired) electrons. The van der Waals surface area contributed by atoms with E-state index in [1.807, 2.05) is 56.6 Å². The molecule has 0 fully saturated rings. The summed E-state index contributed by atoms with van der Waals surface area (Å²) < 4.78 is 0. The smallest absolute Gasteiger partial charge is 0.170 e. The molecule has 4 nitrogen and oxygen atoms in total. The van der Waals surface area contributed by atoms with Gasteiger partial charge in [0.25, 0.3) is 0 Å². The van der Waals surface area contributed by atoms with E-state index < -0.39 is 5.92 Å². The van der Waals surface area contributed by atoms with E-state index in [-0.39, 0.29) is 0 Å². The van der Waals surface area contributed by atoms with Gasteiger partial charge in [-0.3, -0.25) is 0 Å². The first-order valence-corrected chi connectivity index (χ1v) is 8.73. The highest BCUT2D eigenvalue weighted by atomic mass is 35.5. The lowest BCUT2D eigenvalue weighted by atomic mass is 9.92. The summed E-state index contributed by atoms with van der Waals surface area (Å²) in [7, 11) is 4.02. The van der Waals surface area contributed by atoms with Crippen molar-refractivity contribution in [3.05, 3.63) is 64.7 Å². The lowest BCUT2D eigenvalue weighted by Crippen LogP contribution is -2.34. The second kappa shape index (κ2) is 9.38. The van der Waals surface area contributed by atoms with Gasteiger partial charge < -0.3 is 15.5 Å². The lowest BCUT2D eigenvalue weighted by Gasteiger charge is -2.15. The molecule has 2 rings (SSSR count). The molecule has 0 amide bonds. The second-order valence-corrected chi connectivity index (χ2v) is 6.71. The van der Waals surface area contributed by atoms with Gasteiger partial charge in [0.15, 0.2) is 5.11 Å². The SMILES string of the molecule is CN(C)CCNC(=S)Nc1ccc([C@H](C#N)c2ccccc2)c(Cl)c1.